The Kier molecular flexibility index (Phi) is 5.39. The molecule has 0 bridgehead atoms. The quantitative estimate of drug-likeness (QED) is 0.665. The zero-order valence-electron chi connectivity index (χ0n) is 13.4. The van der Waals surface area contributed by atoms with E-state index in [9.17, 15) is 4.79 Å². The van der Waals surface area contributed by atoms with Crippen molar-refractivity contribution in [3.63, 3.8) is 0 Å². The monoisotopic (exact) mass is 337 g/mol. The second kappa shape index (κ2) is 7.88. The Morgan fingerprint density at radius 3 is 2.25 bits per heavy atom. The summed E-state index contributed by atoms with van der Waals surface area (Å²) in [6, 6.07) is 23.2. The molecule has 0 saturated heterocycles. The van der Waals surface area contributed by atoms with Crippen LogP contribution in [-0.2, 0) is 4.79 Å². The highest BCUT2D eigenvalue weighted by molar-refractivity contribution is 8.00. The van der Waals surface area contributed by atoms with E-state index in [1.165, 1.54) is 0 Å². The zero-order valence-corrected chi connectivity index (χ0v) is 14.2. The van der Waals surface area contributed by atoms with Gasteiger partial charge < -0.3 is 9.73 Å². The SMILES string of the molecule is CC(Sc1ccccc1)C(=O)NC(c1ccccc1)c1ccco1. The number of rotatable bonds is 6. The van der Waals surface area contributed by atoms with E-state index in [2.05, 4.69) is 5.32 Å². The van der Waals surface area contributed by atoms with Crippen molar-refractivity contribution in [2.24, 2.45) is 0 Å². The van der Waals surface area contributed by atoms with Gasteiger partial charge in [-0.3, -0.25) is 4.79 Å². The van der Waals surface area contributed by atoms with Gasteiger partial charge in [-0.1, -0.05) is 48.5 Å². The second-order valence-electron chi connectivity index (χ2n) is 5.44. The fourth-order valence-electron chi connectivity index (χ4n) is 2.44. The number of carbonyl (C=O) groups is 1. The van der Waals surface area contributed by atoms with Crippen molar-refractivity contribution in [1.82, 2.24) is 5.32 Å². The van der Waals surface area contributed by atoms with Crippen molar-refractivity contribution < 1.29 is 9.21 Å². The molecule has 3 nitrogen and oxygen atoms in total. The van der Waals surface area contributed by atoms with Gasteiger partial charge in [-0.2, -0.15) is 0 Å². The molecule has 1 N–H and O–H groups in total. The first-order chi connectivity index (χ1) is 11.7. The minimum atomic E-state index is -0.285. The maximum absolute atomic E-state index is 12.7. The molecule has 2 aromatic carbocycles. The topological polar surface area (TPSA) is 42.2 Å². The molecule has 0 radical (unpaired) electrons. The molecule has 2 unspecified atom stereocenters. The molecule has 3 aromatic rings. The van der Waals surface area contributed by atoms with E-state index in [4.69, 9.17) is 4.42 Å². The van der Waals surface area contributed by atoms with Crippen molar-refractivity contribution in [2.45, 2.75) is 23.1 Å². The van der Waals surface area contributed by atoms with Gasteiger partial charge >= 0.3 is 0 Å². The van der Waals surface area contributed by atoms with Gasteiger partial charge in [0.1, 0.15) is 11.8 Å². The van der Waals surface area contributed by atoms with E-state index in [-0.39, 0.29) is 17.2 Å². The summed E-state index contributed by atoms with van der Waals surface area (Å²) in [5.41, 5.74) is 0.998. The van der Waals surface area contributed by atoms with Gasteiger partial charge in [-0.25, -0.2) is 0 Å². The van der Waals surface area contributed by atoms with Crippen LogP contribution >= 0.6 is 11.8 Å². The maximum atomic E-state index is 12.7. The Balaban J connectivity index is 1.74. The molecule has 24 heavy (non-hydrogen) atoms. The normalized spacial score (nSPS) is 13.2. The Labute approximate surface area is 146 Å². The van der Waals surface area contributed by atoms with Crippen molar-refractivity contribution in [1.29, 1.82) is 0 Å². The van der Waals surface area contributed by atoms with Crippen LogP contribution in [0.1, 0.15) is 24.3 Å². The van der Waals surface area contributed by atoms with Gasteiger partial charge in [-0.15, -0.1) is 11.8 Å². The van der Waals surface area contributed by atoms with Gasteiger partial charge in [0.2, 0.25) is 5.91 Å². The summed E-state index contributed by atoms with van der Waals surface area (Å²) in [7, 11) is 0. The highest BCUT2D eigenvalue weighted by atomic mass is 32.2. The largest absolute Gasteiger partial charge is 0.467 e. The van der Waals surface area contributed by atoms with Gasteiger partial charge in [0.25, 0.3) is 0 Å². The standard InChI is InChI=1S/C20H19NO2S/c1-15(24-17-11-6-3-7-12-17)20(22)21-19(18-13-8-14-23-18)16-9-4-2-5-10-16/h2-15,19H,1H3,(H,21,22). The molecule has 3 rings (SSSR count). The number of carbonyl (C=O) groups excluding carboxylic acids is 1. The molecular weight excluding hydrogens is 318 g/mol. The van der Waals surface area contributed by atoms with Crippen LogP contribution in [-0.4, -0.2) is 11.2 Å². The molecule has 4 heteroatoms. The number of amides is 1. The summed E-state index contributed by atoms with van der Waals surface area (Å²) >= 11 is 1.54. The average molecular weight is 337 g/mol. The molecule has 2 atom stereocenters. The van der Waals surface area contributed by atoms with Crippen LogP contribution in [0.2, 0.25) is 0 Å². The van der Waals surface area contributed by atoms with Crippen molar-refractivity contribution in [2.75, 3.05) is 0 Å². The fourth-order valence-corrected chi connectivity index (χ4v) is 3.33. The van der Waals surface area contributed by atoms with E-state index in [0.29, 0.717) is 0 Å². The summed E-state index contributed by atoms with van der Waals surface area (Å²) in [6.07, 6.45) is 1.62. The zero-order chi connectivity index (χ0) is 16.8. The summed E-state index contributed by atoms with van der Waals surface area (Å²) < 4.78 is 5.53. The average Bonchev–Trinajstić information content (AvgIpc) is 3.15. The van der Waals surface area contributed by atoms with Crippen LogP contribution in [0.4, 0.5) is 0 Å². The number of furan rings is 1. The lowest BCUT2D eigenvalue weighted by atomic mass is 10.0. The first-order valence-electron chi connectivity index (χ1n) is 7.84. The Hall–Kier alpha value is -2.46. The maximum Gasteiger partial charge on any atom is 0.234 e. The molecule has 0 aliphatic rings. The first kappa shape index (κ1) is 16.4. The summed E-state index contributed by atoms with van der Waals surface area (Å²) in [6.45, 7) is 1.91. The molecule has 0 spiro atoms. The van der Waals surface area contributed by atoms with E-state index in [1.54, 1.807) is 18.0 Å². The third-order valence-electron chi connectivity index (χ3n) is 3.67. The molecule has 1 aromatic heterocycles. The van der Waals surface area contributed by atoms with Gasteiger partial charge in [-0.05, 0) is 36.8 Å². The summed E-state index contributed by atoms with van der Waals surface area (Å²) in [5, 5.41) is 2.90. The van der Waals surface area contributed by atoms with Crippen LogP contribution in [0.3, 0.4) is 0 Å². The van der Waals surface area contributed by atoms with Crippen LogP contribution < -0.4 is 5.32 Å². The van der Waals surface area contributed by atoms with E-state index in [1.807, 2.05) is 79.7 Å². The molecule has 122 valence electrons. The summed E-state index contributed by atoms with van der Waals surface area (Å²) in [4.78, 5) is 13.7. The minimum Gasteiger partial charge on any atom is -0.467 e. The predicted octanol–water partition coefficient (Wildman–Crippen LogP) is 4.67. The summed E-state index contributed by atoms with van der Waals surface area (Å²) in [5.74, 6) is 0.709. The van der Waals surface area contributed by atoms with Gasteiger partial charge in [0, 0.05) is 4.90 Å². The van der Waals surface area contributed by atoms with Crippen molar-refractivity contribution >= 4 is 17.7 Å². The van der Waals surface area contributed by atoms with E-state index in [0.717, 1.165) is 16.2 Å². The second-order valence-corrected chi connectivity index (χ2v) is 6.86. The number of nitrogens with one attached hydrogen (secondary N) is 1. The van der Waals surface area contributed by atoms with Crippen LogP contribution in [0, 0.1) is 0 Å². The molecule has 0 aliphatic heterocycles. The third kappa shape index (κ3) is 4.09. The molecule has 1 heterocycles. The van der Waals surface area contributed by atoms with Crippen LogP contribution in [0.15, 0.2) is 88.4 Å². The van der Waals surface area contributed by atoms with Crippen LogP contribution in [0.25, 0.3) is 0 Å². The molecule has 0 saturated carbocycles. The lowest BCUT2D eigenvalue weighted by molar-refractivity contribution is -0.120. The molecular formula is C20H19NO2S. The Morgan fingerprint density at radius 2 is 1.62 bits per heavy atom. The van der Waals surface area contributed by atoms with Gasteiger partial charge in [0.15, 0.2) is 0 Å². The number of thioether (sulfide) groups is 1. The Bertz CT molecular complexity index is 757. The molecule has 0 aliphatic carbocycles. The fraction of sp³-hybridized carbons (Fsp3) is 0.150. The van der Waals surface area contributed by atoms with E-state index >= 15 is 0 Å². The third-order valence-corrected chi connectivity index (χ3v) is 4.78. The van der Waals surface area contributed by atoms with Crippen molar-refractivity contribution in [3.05, 3.63) is 90.4 Å². The lowest BCUT2D eigenvalue weighted by Gasteiger charge is -2.20. The smallest absolute Gasteiger partial charge is 0.234 e. The first-order valence-corrected chi connectivity index (χ1v) is 8.72. The molecule has 1 amide bonds. The lowest BCUT2D eigenvalue weighted by Crippen LogP contribution is -2.34. The van der Waals surface area contributed by atoms with Crippen LogP contribution in [0.5, 0.6) is 0 Å². The van der Waals surface area contributed by atoms with Crippen molar-refractivity contribution in [3.8, 4) is 0 Å². The number of hydrogen-bond acceptors (Lipinski definition) is 3. The highest BCUT2D eigenvalue weighted by Gasteiger charge is 2.22. The predicted molar refractivity (Wildman–Crippen MR) is 96.9 cm³/mol. The molecule has 0 fully saturated rings. The highest BCUT2D eigenvalue weighted by Crippen LogP contribution is 2.26. The van der Waals surface area contributed by atoms with Gasteiger partial charge in [0.05, 0.1) is 11.5 Å². The van der Waals surface area contributed by atoms with E-state index < -0.39 is 0 Å². The Morgan fingerprint density at radius 1 is 0.958 bits per heavy atom. The number of benzene rings is 2. The minimum absolute atomic E-state index is 0.0193. The number of hydrogen-bond donors (Lipinski definition) is 1.